The molecule has 3 aromatic rings. The third-order valence-electron chi connectivity index (χ3n) is 5.26. The van der Waals surface area contributed by atoms with Gasteiger partial charge < -0.3 is 15.1 Å². The van der Waals surface area contributed by atoms with Crippen molar-refractivity contribution in [2.45, 2.75) is 51.3 Å². The number of hydrogen-bond acceptors (Lipinski definition) is 7. The Kier molecular flexibility index (Phi) is 5.18. The maximum absolute atomic E-state index is 10.3. The largest absolute Gasteiger partial charge is 0.394 e. The van der Waals surface area contributed by atoms with Gasteiger partial charge in [0, 0.05) is 17.0 Å². The number of hydrogen-bond donors (Lipinski definition) is 2. The Morgan fingerprint density at radius 2 is 1.97 bits per heavy atom. The third-order valence-corrected chi connectivity index (χ3v) is 5.63. The molecule has 8 nitrogen and oxygen atoms in total. The Labute approximate surface area is 174 Å². The molecule has 1 aliphatic heterocycles. The zero-order valence-corrected chi connectivity index (χ0v) is 17.5. The summed E-state index contributed by atoms with van der Waals surface area (Å²) in [6.07, 6.45) is -0.0451. The molecule has 2 atom stereocenters. The number of aromatic nitrogens is 5. The van der Waals surface area contributed by atoms with Crippen molar-refractivity contribution in [3.05, 3.63) is 40.7 Å². The molecular weight excluding hydrogens is 392 g/mol. The van der Waals surface area contributed by atoms with Crippen LogP contribution in [0.2, 0.25) is 5.02 Å². The van der Waals surface area contributed by atoms with E-state index in [0.29, 0.717) is 47.3 Å². The van der Waals surface area contributed by atoms with Crippen molar-refractivity contribution >= 4 is 28.6 Å². The number of halogens is 1. The van der Waals surface area contributed by atoms with Gasteiger partial charge in [0.25, 0.3) is 0 Å². The second-order valence-corrected chi connectivity index (χ2v) is 8.84. The molecule has 0 saturated carbocycles. The molecular formula is C20H25ClN6O2. The second-order valence-electron chi connectivity index (χ2n) is 8.43. The Bertz CT molecular complexity index is 1030. The minimum Gasteiger partial charge on any atom is -0.394 e. The van der Waals surface area contributed by atoms with E-state index in [1.165, 1.54) is 0 Å². The van der Waals surface area contributed by atoms with Gasteiger partial charge in [-0.05, 0) is 18.1 Å². The predicted octanol–water partition coefficient (Wildman–Crippen LogP) is 2.15. The second kappa shape index (κ2) is 7.51. The van der Waals surface area contributed by atoms with Crippen LogP contribution in [0.1, 0.15) is 38.6 Å². The van der Waals surface area contributed by atoms with Crippen molar-refractivity contribution in [3.63, 3.8) is 0 Å². The van der Waals surface area contributed by atoms with Gasteiger partial charge in [-0.15, -0.1) is 5.10 Å². The fraction of sp³-hybridized carbons (Fsp3) is 0.500. The average molecular weight is 417 g/mol. The van der Waals surface area contributed by atoms with Crippen LogP contribution in [-0.2, 0) is 12.0 Å². The standard InChI is InChI=1S/C20H25ClN6O2/c1-20(2,3)19-22-17(26-9-8-15(29)14(26)11-28)16-18(23-19)27(25-24-16)10-12-6-4-5-7-13(12)21/h4-7,14-15,28-29H,8-11H2,1-3H3/t14-,15+/m0/s1. The molecule has 9 heteroatoms. The lowest BCUT2D eigenvalue weighted by Gasteiger charge is -2.27. The smallest absolute Gasteiger partial charge is 0.184 e. The van der Waals surface area contributed by atoms with E-state index in [1.807, 2.05) is 49.9 Å². The van der Waals surface area contributed by atoms with Crippen LogP contribution in [0.4, 0.5) is 5.82 Å². The molecule has 1 fully saturated rings. The quantitative estimate of drug-likeness (QED) is 0.672. The summed E-state index contributed by atoms with van der Waals surface area (Å²) in [7, 11) is 0. The SMILES string of the molecule is CC(C)(C)c1nc(N2CC[C@@H](O)[C@@H]2CO)c2nnn(Cc3ccccc3Cl)c2n1. The molecule has 2 N–H and O–H groups in total. The molecule has 154 valence electrons. The van der Waals surface area contributed by atoms with Gasteiger partial charge >= 0.3 is 0 Å². The van der Waals surface area contributed by atoms with Crippen LogP contribution in [0.25, 0.3) is 11.2 Å². The Hall–Kier alpha value is -2.29. The van der Waals surface area contributed by atoms with Crippen molar-refractivity contribution in [1.82, 2.24) is 25.0 Å². The summed E-state index contributed by atoms with van der Waals surface area (Å²) in [6, 6.07) is 7.18. The maximum atomic E-state index is 10.3. The molecule has 1 saturated heterocycles. The molecule has 0 aliphatic carbocycles. The Morgan fingerprint density at radius 1 is 1.21 bits per heavy atom. The molecule has 1 aliphatic rings. The number of aliphatic hydroxyl groups is 2. The third kappa shape index (κ3) is 3.68. The molecule has 0 radical (unpaired) electrons. The summed E-state index contributed by atoms with van der Waals surface area (Å²) < 4.78 is 1.72. The van der Waals surface area contributed by atoms with E-state index < -0.39 is 12.1 Å². The molecule has 4 rings (SSSR count). The van der Waals surface area contributed by atoms with E-state index in [4.69, 9.17) is 21.6 Å². The highest BCUT2D eigenvalue weighted by molar-refractivity contribution is 6.31. The predicted molar refractivity (Wildman–Crippen MR) is 111 cm³/mol. The van der Waals surface area contributed by atoms with Crippen molar-refractivity contribution in [2.24, 2.45) is 0 Å². The van der Waals surface area contributed by atoms with Gasteiger partial charge in [0.2, 0.25) is 0 Å². The summed E-state index contributed by atoms with van der Waals surface area (Å²) in [5, 5.41) is 29.4. The van der Waals surface area contributed by atoms with E-state index in [1.54, 1.807) is 4.68 Å². The number of anilines is 1. The topological polar surface area (TPSA) is 100 Å². The van der Waals surface area contributed by atoms with Crippen LogP contribution in [-0.4, -0.2) is 60.5 Å². The monoisotopic (exact) mass is 416 g/mol. The van der Waals surface area contributed by atoms with Gasteiger partial charge in [0.15, 0.2) is 17.0 Å². The van der Waals surface area contributed by atoms with Crippen LogP contribution in [0.5, 0.6) is 0 Å². The summed E-state index contributed by atoms with van der Waals surface area (Å²) in [5.74, 6) is 1.25. The number of aliphatic hydroxyl groups excluding tert-OH is 2. The molecule has 29 heavy (non-hydrogen) atoms. The number of nitrogens with zero attached hydrogens (tertiary/aromatic N) is 6. The number of benzene rings is 1. The fourth-order valence-electron chi connectivity index (χ4n) is 3.59. The van der Waals surface area contributed by atoms with Gasteiger partial charge in [0.05, 0.1) is 25.3 Å². The Balaban J connectivity index is 1.86. The van der Waals surface area contributed by atoms with Gasteiger partial charge in [-0.25, -0.2) is 14.6 Å². The molecule has 0 spiro atoms. The highest BCUT2D eigenvalue weighted by atomic mass is 35.5. The lowest BCUT2D eigenvalue weighted by atomic mass is 9.95. The first kappa shape index (κ1) is 20.0. The minimum atomic E-state index is -0.610. The summed E-state index contributed by atoms with van der Waals surface area (Å²) >= 11 is 6.33. The first-order valence-electron chi connectivity index (χ1n) is 9.70. The van der Waals surface area contributed by atoms with E-state index in [-0.39, 0.29) is 12.0 Å². The first-order valence-corrected chi connectivity index (χ1v) is 10.1. The lowest BCUT2D eigenvalue weighted by molar-refractivity contribution is 0.128. The summed E-state index contributed by atoms with van der Waals surface area (Å²) in [4.78, 5) is 11.5. The van der Waals surface area contributed by atoms with Gasteiger partial charge in [-0.1, -0.05) is 55.8 Å². The van der Waals surface area contributed by atoms with Crippen molar-refractivity contribution < 1.29 is 10.2 Å². The molecule has 0 bridgehead atoms. The van der Waals surface area contributed by atoms with Gasteiger partial charge in [0.1, 0.15) is 5.82 Å². The minimum absolute atomic E-state index is 0.161. The molecule has 1 aromatic carbocycles. The maximum Gasteiger partial charge on any atom is 0.184 e. The molecule has 0 amide bonds. The van der Waals surface area contributed by atoms with Crippen LogP contribution < -0.4 is 4.90 Å². The normalized spacial score (nSPS) is 20.0. The first-order chi connectivity index (χ1) is 13.8. The van der Waals surface area contributed by atoms with E-state index >= 15 is 0 Å². The number of rotatable bonds is 4. The van der Waals surface area contributed by atoms with E-state index in [9.17, 15) is 10.2 Å². The van der Waals surface area contributed by atoms with E-state index in [0.717, 1.165) is 5.56 Å². The van der Waals surface area contributed by atoms with Crippen LogP contribution in [0.3, 0.4) is 0 Å². The van der Waals surface area contributed by atoms with Gasteiger partial charge in [-0.3, -0.25) is 0 Å². The highest BCUT2D eigenvalue weighted by Crippen LogP contribution is 2.32. The number of fused-ring (bicyclic) bond motifs is 1. The lowest BCUT2D eigenvalue weighted by Crippen LogP contribution is -2.39. The fourth-order valence-corrected chi connectivity index (χ4v) is 3.79. The molecule has 2 aromatic heterocycles. The molecule has 0 unspecified atom stereocenters. The van der Waals surface area contributed by atoms with Crippen LogP contribution in [0, 0.1) is 0 Å². The Morgan fingerprint density at radius 3 is 2.66 bits per heavy atom. The molecule has 3 heterocycles. The average Bonchev–Trinajstić information content (AvgIpc) is 3.25. The van der Waals surface area contributed by atoms with Gasteiger partial charge in [-0.2, -0.15) is 0 Å². The van der Waals surface area contributed by atoms with Crippen molar-refractivity contribution in [3.8, 4) is 0 Å². The zero-order valence-electron chi connectivity index (χ0n) is 16.7. The van der Waals surface area contributed by atoms with Crippen LogP contribution in [0.15, 0.2) is 24.3 Å². The van der Waals surface area contributed by atoms with Crippen molar-refractivity contribution in [2.75, 3.05) is 18.1 Å². The van der Waals surface area contributed by atoms with Crippen LogP contribution >= 0.6 is 11.6 Å². The highest BCUT2D eigenvalue weighted by Gasteiger charge is 2.36. The zero-order chi connectivity index (χ0) is 20.8. The van der Waals surface area contributed by atoms with Crippen molar-refractivity contribution in [1.29, 1.82) is 0 Å². The summed E-state index contributed by atoms with van der Waals surface area (Å²) in [6.45, 7) is 6.99. The van der Waals surface area contributed by atoms with E-state index in [2.05, 4.69) is 10.3 Å². The summed E-state index contributed by atoms with van der Waals surface area (Å²) in [5.41, 5.74) is 1.79.